The Labute approximate surface area is 391 Å². The van der Waals surface area contributed by atoms with Crippen molar-refractivity contribution in [2.24, 2.45) is 0 Å². The van der Waals surface area contributed by atoms with Crippen molar-refractivity contribution in [1.82, 2.24) is 0 Å². The molecule has 0 amide bonds. The Morgan fingerprint density at radius 3 is 1.33 bits per heavy atom. The largest absolute Gasteiger partial charge is 0.477 e. The fourth-order valence-corrected chi connectivity index (χ4v) is 6.57. The van der Waals surface area contributed by atoms with Crippen LogP contribution in [0, 0.1) is 0 Å². The highest BCUT2D eigenvalue weighted by molar-refractivity contribution is 5.72. The molecule has 64 heavy (non-hydrogen) atoms. The maximum atomic E-state index is 12.8. The van der Waals surface area contributed by atoms with Crippen LogP contribution in [0.5, 0.6) is 0 Å². The Bertz CT molecular complexity index is 1410. The number of allylic oxidation sites excluding steroid dienone is 18. The number of aliphatic carboxylic acids is 1. The van der Waals surface area contributed by atoms with Crippen molar-refractivity contribution in [1.29, 1.82) is 0 Å². The lowest BCUT2D eigenvalue weighted by atomic mass is 10.1. The topological polar surface area (TPSA) is 99.1 Å². The molecule has 362 valence electrons. The second-order valence-corrected chi connectivity index (χ2v) is 17.3. The number of likely N-dealkylation sites (N-methyl/N-ethyl adjacent to an activating group) is 1. The van der Waals surface area contributed by atoms with Gasteiger partial charge in [-0.1, -0.05) is 162 Å². The molecule has 0 aliphatic carbocycles. The average molecular weight is 891 g/mol. The van der Waals surface area contributed by atoms with Crippen molar-refractivity contribution in [3.8, 4) is 0 Å². The number of carboxylic acid groups (broad SMARTS) is 1. The van der Waals surface area contributed by atoms with Crippen LogP contribution in [0.3, 0.4) is 0 Å². The van der Waals surface area contributed by atoms with Crippen LogP contribution in [0.25, 0.3) is 0 Å². The molecule has 0 aromatic rings. The van der Waals surface area contributed by atoms with Crippen LogP contribution < -0.4 is 0 Å². The molecule has 8 heteroatoms. The van der Waals surface area contributed by atoms with E-state index < -0.39 is 18.1 Å². The molecule has 0 spiro atoms. The normalized spacial score (nSPS) is 13.8. The van der Waals surface area contributed by atoms with Crippen molar-refractivity contribution in [2.45, 2.75) is 187 Å². The zero-order chi connectivity index (χ0) is 47.0. The minimum atomic E-state index is -0.888. The van der Waals surface area contributed by atoms with Gasteiger partial charge in [-0.15, -0.1) is 0 Å². The zero-order valence-electron chi connectivity index (χ0n) is 41.2. The number of hydrogen-bond acceptors (Lipinski definition) is 6. The highest BCUT2D eigenvalue weighted by Crippen LogP contribution is 2.13. The van der Waals surface area contributed by atoms with Crippen LogP contribution in [0.4, 0.5) is 0 Å². The third-order valence-electron chi connectivity index (χ3n) is 10.4. The molecule has 0 aromatic carbocycles. The van der Waals surface area contributed by atoms with Gasteiger partial charge >= 0.3 is 17.9 Å². The lowest BCUT2D eigenvalue weighted by Gasteiger charge is -2.31. The van der Waals surface area contributed by atoms with Crippen LogP contribution in [-0.2, 0) is 28.6 Å². The number of quaternary nitrogens is 1. The van der Waals surface area contributed by atoms with Crippen LogP contribution in [0.15, 0.2) is 109 Å². The fourth-order valence-electron chi connectivity index (χ4n) is 6.57. The summed E-state index contributed by atoms with van der Waals surface area (Å²) >= 11 is 0. The summed E-state index contributed by atoms with van der Waals surface area (Å²) in [6.45, 7) is 4.52. The van der Waals surface area contributed by atoms with Gasteiger partial charge < -0.3 is 23.8 Å². The second-order valence-electron chi connectivity index (χ2n) is 17.3. The first-order valence-electron chi connectivity index (χ1n) is 24.9. The summed E-state index contributed by atoms with van der Waals surface area (Å²) in [5, 5.41) is 9.65. The minimum absolute atomic E-state index is 0.0337. The highest BCUT2D eigenvalue weighted by Gasteiger charge is 2.31. The van der Waals surface area contributed by atoms with Crippen molar-refractivity contribution < 1.29 is 38.2 Å². The van der Waals surface area contributed by atoms with Crippen LogP contribution >= 0.6 is 0 Å². The Hall–Kier alpha value is -4.01. The van der Waals surface area contributed by atoms with E-state index in [1.807, 2.05) is 21.1 Å². The molecule has 0 saturated heterocycles. The van der Waals surface area contributed by atoms with Crippen LogP contribution in [0.2, 0.25) is 0 Å². The Balaban J connectivity index is 4.41. The molecule has 0 fully saturated rings. The number of esters is 2. The molecular formula is C56H92NO7+. The Kier molecular flexibility index (Phi) is 42.7. The summed E-state index contributed by atoms with van der Waals surface area (Å²) in [6, 6.07) is -0.632. The molecule has 0 saturated carbocycles. The Morgan fingerprint density at radius 2 is 0.875 bits per heavy atom. The van der Waals surface area contributed by atoms with Gasteiger partial charge in [0.05, 0.1) is 34.4 Å². The van der Waals surface area contributed by atoms with Crippen molar-refractivity contribution in [3.63, 3.8) is 0 Å². The molecule has 8 nitrogen and oxygen atoms in total. The maximum absolute atomic E-state index is 12.8. The lowest BCUT2D eigenvalue weighted by molar-refractivity contribution is -0.887. The van der Waals surface area contributed by atoms with E-state index in [2.05, 4.69) is 123 Å². The lowest BCUT2D eigenvalue weighted by Crippen LogP contribution is -2.50. The molecular weight excluding hydrogens is 799 g/mol. The van der Waals surface area contributed by atoms with Crippen LogP contribution in [0.1, 0.15) is 174 Å². The number of carbonyl (C=O) groups is 3. The van der Waals surface area contributed by atoms with Crippen molar-refractivity contribution >= 4 is 17.9 Å². The highest BCUT2D eigenvalue weighted by atomic mass is 16.6. The summed E-state index contributed by atoms with van der Waals surface area (Å²) in [7, 11) is 5.50. The zero-order valence-corrected chi connectivity index (χ0v) is 41.2. The van der Waals surface area contributed by atoms with Gasteiger partial charge in [0.25, 0.3) is 0 Å². The van der Waals surface area contributed by atoms with E-state index in [-0.39, 0.29) is 36.2 Å². The molecule has 2 unspecified atom stereocenters. The van der Waals surface area contributed by atoms with Gasteiger partial charge in [0.1, 0.15) is 6.61 Å². The molecule has 0 radical (unpaired) electrons. The SMILES string of the molecule is CC/C=C/C/C=C/C/C=C/C/C=C/CCCCCCCCC(=O)OC(COCCC(C(=O)O)[N+](C)(C)C)COC(=O)CCCC/C=C/C/C=C/C/C=C/C/C=C/C/C=C/CCCCC. The van der Waals surface area contributed by atoms with E-state index in [1.54, 1.807) is 0 Å². The molecule has 1 N–H and O–H groups in total. The van der Waals surface area contributed by atoms with E-state index in [0.29, 0.717) is 25.7 Å². The van der Waals surface area contributed by atoms with E-state index in [0.717, 1.165) is 96.3 Å². The predicted octanol–water partition coefficient (Wildman–Crippen LogP) is 14.4. The predicted molar refractivity (Wildman–Crippen MR) is 270 cm³/mol. The first-order chi connectivity index (χ1) is 31.1. The summed E-state index contributed by atoms with van der Waals surface area (Å²) < 4.78 is 17.3. The van der Waals surface area contributed by atoms with Crippen molar-refractivity contribution in [2.75, 3.05) is 41.0 Å². The van der Waals surface area contributed by atoms with E-state index >= 15 is 0 Å². The number of carbonyl (C=O) groups excluding carboxylic acids is 2. The number of carboxylic acids is 1. The monoisotopic (exact) mass is 891 g/mol. The average Bonchev–Trinajstić information content (AvgIpc) is 3.26. The Morgan fingerprint density at radius 1 is 0.484 bits per heavy atom. The molecule has 0 aromatic heterocycles. The minimum Gasteiger partial charge on any atom is -0.477 e. The molecule has 0 aliphatic heterocycles. The molecule has 0 bridgehead atoms. The van der Waals surface area contributed by atoms with Gasteiger partial charge in [0.2, 0.25) is 0 Å². The molecule has 0 rings (SSSR count). The summed E-state index contributed by atoms with van der Waals surface area (Å²) in [4.78, 5) is 37.1. The standard InChI is InChI=1S/C56H91NO7/c1-6-8-10-12-14-16-18-20-22-24-26-27-29-30-32-34-36-38-40-42-44-46-54(58)63-51-52(50-62-49-48-53(56(60)61)57(3,4)5)64-55(59)47-45-43-41-39-37-35-33-31-28-25-23-21-19-17-15-13-11-9-7-2/h9,11,14-17,20-23,26-28,30-32,36,38,52-53H,6-8,10,12-13,18-19,24-25,29,33-35,37,39-51H2,1-5H3/p+1/b11-9+,16-14+,17-15+,22-20+,23-21+,27-26+,31-28+,32-30+,38-36+. The van der Waals surface area contributed by atoms with Gasteiger partial charge in [0, 0.05) is 19.3 Å². The fraction of sp³-hybridized carbons (Fsp3) is 0.625. The summed E-state index contributed by atoms with van der Waals surface area (Å²) in [6.07, 6.45) is 62.8. The van der Waals surface area contributed by atoms with Gasteiger partial charge in [-0.05, 0) is 103 Å². The maximum Gasteiger partial charge on any atom is 0.362 e. The molecule has 0 aliphatic rings. The number of rotatable bonds is 43. The third kappa shape index (κ3) is 43.3. The van der Waals surface area contributed by atoms with Crippen molar-refractivity contribution in [3.05, 3.63) is 109 Å². The number of ether oxygens (including phenoxy) is 3. The third-order valence-corrected chi connectivity index (χ3v) is 10.4. The first kappa shape index (κ1) is 60.0. The first-order valence-corrected chi connectivity index (χ1v) is 24.9. The van der Waals surface area contributed by atoms with E-state index in [1.165, 1.54) is 38.5 Å². The summed E-state index contributed by atoms with van der Waals surface area (Å²) in [5.74, 6) is -1.55. The molecule has 2 atom stereocenters. The van der Waals surface area contributed by atoms with Gasteiger partial charge in [-0.25, -0.2) is 4.79 Å². The number of unbranched alkanes of at least 4 members (excludes halogenated alkanes) is 11. The smallest absolute Gasteiger partial charge is 0.362 e. The number of hydrogen-bond donors (Lipinski definition) is 1. The van der Waals surface area contributed by atoms with Gasteiger partial charge in [-0.3, -0.25) is 9.59 Å². The number of nitrogens with zero attached hydrogens (tertiary/aromatic N) is 1. The van der Waals surface area contributed by atoms with Gasteiger partial charge in [0.15, 0.2) is 12.1 Å². The van der Waals surface area contributed by atoms with Crippen LogP contribution in [-0.4, -0.2) is 80.6 Å². The van der Waals surface area contributed by atoms with Gasteiger partial charge in [-0.2, -0.15) is 0 Å². The van der Waals surface area contributed by atoms with E-state index in [9.17, 15) is 19.5 Å². The van der Waals surface area contributed by atoms with E-state index in [4.69, 9.17) is 14.2 Å². The summed E-state index contributed by atoms with van der Waals surface area (Å²) in [5.41, 5.74) is 0. The quantitative estimate of drug-likeness (QED) is 0.0282. The second kappa shape index (κ2) is 45.6. The molecule has 0 heterocycles.